The van der Waals surface area contributed by atoms with Gasteiger partial charge in [-0.2, -0.15) is 0 Å². The number of halogens is 1. The van der Waals surface area contributed by atoms with Crippen molar-refractivity contribution in [2.45, 2.75) is 13.3 Å². The largest absolute Gasteiger partial charge is 1.00 e. The van der Waals surface area contributed by atoms with Crippen LogP contribution >= 0.6 is 0 Å². The van der Waals surface area contributed by atoms with Gasteiger partial charge in [0.2, 0.25) is 0 Å². The number of nitrogens with one attached hydrogen (secondary N) is 1. The predicted molar refractivity (Wildman–Crippen MR) is 55.5 cm³/mol. The number of carbonyl (C=O) groups excluding carboxylic acids is 2. The maximum atomic E-state index is 10.0. The number of rotatable bonds is 2. The van der Waals surface area contributed by atoms with E-state index in [4.69, 9.17) is 0 Å². The Bertz CT molecular complexity index is 228. The molecule has 0 aromatic carbocycles. The first-order valence-corrected chi connectivity index (χ1v) is 4.68. The Kier molecular flexibility index (Phi) is 8.20. The number of amides is 2. The molecule has 4 nitrogen and oxygen atoms in total. The van der Waals surface area contributed by atoms with Crippen LogP contribution in [0.25, 0.3) is 0 Å². The molecule has 0 fully saturated rings. The predicted octanol–water partition coefficient (Wildman–Crippen LogP) is -2.69. The summed E-state index contributed by atoms with van der Waals surface area (Å²) in [5.41, 5.74) is 0. The third-order valence-electron chi connectivity index (χ3n) is 1.53. The first kappa shape index (κ1) is 16.6. The molecule has 5 heteroatoms. The van der Waals surface area contributed by atoms with Crippen LogP contribution in [-0.4, -0.2) is 44.0 Å². The molecule has 1 aliphatic heterocycles. The molecule has 15 heavy (non-hydrogen) atoms. The van der Waals surface area contributed by atoms with Crippen molar-refractivity contribution in [2.75, 3.05) is 27.7 Å². The van der Waals surface area contributed by atoms with Crippen LogP contribution in [0.4, 0.5) is 0 Å². The van der Waals surface area contributed by atoms with Crippen LogP contribution in [0.3, 0.4) is 0 Å². The molecule has 88 valence electrons. The summed E-state index contributed by atoms with van der Waals surface area (Å²) in [7, 11) is 6.64. The molecule has 0 spiro atoms. The summed E-state index contributed by atoms with van der Waals surface area (Å²) >= 11 is 0. The molecule has 2 amide bonds. The van der Waals surface area contributed by atoms with E-state index in [-0.39, 0.29) is 24.2 Å². The maximum Gasteiger partial charge on any atom is 0.250 e. The average molecular weight is 235 g/mol. The molecule has 0 saturated carbocycles. The first-order chi connectivity index (χ1) is 6.35. The summed E-state index contributed by atoms with van der Waals surface area (Å²) < 4.78 is 1.09. The fraction of sp³-hybridized carbons (Fsp3) is 0.600. The number of nitrogens with zero attached hydrogens (tertiary/aromatic N) is 1. The first-order valence-electron chi connectivity index (χ1n) is 4.68. The monoisotopic (exact) mass is 234 g/mol. The van der Waals surface area contributed by atoms with Gasteiger partial charge >= 0.3 is 0 Å². The van der Waals surface area contributed by atoms with Crippen LogP contribution in [0.5, 0.6) is 0 Å². The zero-order valence-electron chi connectivity index (χ0n) is 9.71. The third kappa shape index (κ3) is 11.1. The standard InChI is InChI=1S/C6H16N.C4H3NO2.ClH/c1-5-6-7(2,3)4;6-3-1-2-4(7)5-3;/h5-6H2,1-4H3;1-2H,(H,5,6,7);1H/q+1;;/p-1. The molecule has 0 unspecified atom stereocenters. The van der Waals surface area contributed by atoms with Gasteiger partial charge in [0.1, 0.15) is 0 Å². The zero-order chi connectivity index (χ0) is 11.2. The van der Waals surface area contributed by atoms with Crippen molar-refractivity contribution in [2.24, 2.45) is 0 Å². The van der Waals surface area contributed by atoms with Gasteiger partial charge in [-0.1, -0.05) is 6.92 Å². The second kappa shape index (κ2) is 7.43. The molecule has 1 rings (SSSR count). The van der Waals surface area contributed by atoms with E-state index in [2.05, 4.69) is 28.1 Å². The van der Waals surface area contributed by atoms with Crippen molar-refractivity contribution in [3.05, 3.63) is 12.2 Å². The molecule has 0 atom stereocenters. The maximum absolute atomic E-state index is 10.0. The van der Waals surface area contributed by atoms with Crippen molar-refractivity contribution < 1.29 is 26.5 Å². The van der Waals surface area contributed by atoms with Crippen molar-refractivity contribution >= 4 is 11.8 Å². The quantitative estimate of drug-likeness (QED) is 0.418. The number of quaternary nitrogens is 1. The summed E-state index contributed by atoms with van der Waals surface area (Å²) in [5, 5.41) is 2.03. The van der Waals surface area contributed by atoms with Crippen LogP contribution in [0.2, 0.25) is 0 Å². The van der Waals surface area contributed by atoms with E-state index >= 15 is 0 Å². The lowest BCUT2D eigenvalue weighted by molar-refractivity contribution is -0.870. The van der Waals surface area contributed by atoms with E-state index in [1.807, 2.05) is 5.32 Å². The molecular weight excluding hydrogens is 216 g/mol. The van der Waals surface area contributed by atoms with E-state index < -0.39 is 0 Å². The second-order valence-corrected chi connectivity index (χ2v) is 4.20. The fourth-order valence-electron chi connectivity index (χ4n) is 1.03. The summed E-state index contributed by atoms with van der Waals surface area (Å²) in [6, 6.07) is 0. The van der Waals surface area contributed by atoms with Gasteiger partial charge in [0, 0.05) is 12.2 Å². The van der Waals surface area contributed by atoms with Crippen molar-refractivity contribution in [3.8, 4) is 0 Å². The minimum Gasteiger partial charge on any atom is -1.00 e. The minimum absolute atomic E-state index is 0. The van der Waals surface area contributed by atoms with Crippen LogP contribution in [-0.2, 0) is 9.59 Å². The normalized spacial score (nSPS) is 13.9. The number of carbonyl (C=O) groups is 2. The van der Waals surface area contributed by atoms with E-state index in [1.165, 1.54) is 25.1 Å². The highest BCUT2D eigenvalue weighted by Gasteiger charge is 2.06. The molecular formula is C10H19ClN2O2. The lowest BCUT2D eigenvalue weighted by Gasteiger charge is -2.22. The van der Waals surface area contributed by atoms with Gasteiger partial charge in [-0.05, 0) is 6.42 Å². The highest BCUT2D eigenvalue weighted by atomic mass is 35.5. The Morgan fingerprint density at radius 1 is 1.13 bits per heavy atom. The molecule has 1 N–H and O–H groups in total. The van der Waals surface area contributed by atoms with Crippen LogP contribution in [0.1, 0.15) is 13.3 Å². The van der Waals surface area contributed by atoms with E-state index in [9.17, 15) is 9.59 Å². The molecule has 0 aliphatic carbocycles. The summed E-state index contributed by atoms with van der Waals surface area (Å²) in [6.07, 6.45) is 3.67. The SMILES string of the molecule is CCC[N+](C)(C)C.O=C1C=CC(=O)N1.[Cl-]. The smallest absolute Gasteiger partial charge is 0.250 e. The minimum atomic E-state index is -0.329. The Labute approximate surface area is 97.3 Å². The van der Waals surface area contributed by atoms with Crippen LogP contribution in [0.15, 0.2) is 12.2 Å². The van der Waals surface area contributed by atoms with Crippen molar-refractivity contribution in [1.29, 1.82) is 0 Å². The average Bonchev–Trinajstić information content (AvgIpc) is 2.33. The third-order valence-corrected chi connectivity index (χ3v) is 1.53. The summed E-state index contributed by atoms with van der Waals surface area (Å²) in [4.78, 5) is 20.1. The van der Waals surface area contributed by atoms with Crippen LogP contribution < -0.4 is 17.7 Å². The molecule has 0 aromatic heterocycles. The lowest BCUT2D eigenvalue weighted by atomic mass is 10.4. The van der Waals surface area contributed by atoms with Crippen molar-refractivity contribution in [3.63, 3.8) is 0 Å². The summed E-state index contributed by atoms with van der Waals surface area (Å²) in [6.45, 7) is 3.49. The van der Waals surface area contributed by atoms with Gasteiger partial charge < -0.3 is 16.9 Å². The lowest BCUT2D eigenvalue weighted by Crippen LogP contribution is -3.00. The van der Waals surface area contributed by atoms with E-state index in [0.717, 1.165) is 4.48 Å². The highest BCUT2D eigenvalue weighted by Crippen LogP contribution is 1.90. The fourth-order valence-corrected chi connectivity index (χ4v) is 1.03. The second-order valence-electron chi connectivity index (χ2n) is 4.20. The summed E-state index contributed by atoms with van der Waals surface area (Å²) in [5.74, 6) is -0.657. The molecule has 0 radical (unpaired) electrons. The van der Waals surface area contributed by atoms with E-state index in [0.29, 0.717) is 0 Å². The van der Waals surface area contributed by atoms with Gasteiger partial charge in [-0.15, -0.1) is 0 Å². The highest BCUT2D eigenvalue weighted by molar-refractivity contribution is 6.12. The molecule has 0 bridgehead atoms. The van der Waals surface area contributed by atoms with Gasteiger partial charge in [0.25, 0.3) is 11.8 Å². The van der Waals surface area contributed by atoms with E-state index in [1.54, 1.807) is 0 Å². The zero-order valence-corrected chi connectivity index (χ0v) is 10.5. The molecule has 0 saturated heterocycles. The topological polar surface area (TPSA) is 46.2 Å². The molecule has 1 heterocycles. The van der Waals surface area contributed by atoms with Gasteiger partial charge in [-0.25, -0.2) is 0 Å². The number of hydrogen-bond acceptors (Lipinski definition) is 2. The number of hydrogen-bond donors (Lipinski definition) is 1. The van der Waals surface area contributed by atoms with Gasteiger partial charge in [0.15, 0.2) is 0 Å². The molecule has 1 aliphatic rings. The Morgan fingerprint density at radius 3 is 1.60 bits per heavy atom. The van der Waals surface area contributed by atoms with Gasteiger partial charge in [-0.3, -0.25) is 14.9 Å². The number of imide groups is 1. The molecule has 0 aromatic rings. The Hall–Kier alpha value is -0.870. The van der Waals surface area contributed by atoms with Crippen molar-refractivity contribution in [1.82, 2.24) is 5.32 Å². The Balaban J connectivity index is 0. The Morgan fingerprint density at radius 2 is 1.53 bits per heavy atom. The van der Waals surface area contributed by atoms with Gasteiger partial charge in [0.05, 0.1) is 27.7 Å². The van der Waals surface area contributed by atoms with Crippen LogP contribution in [0, 0.1) is 0 Å².